The monoisotopic (exact) mass is 566 g/mol. The normalized spacial score (nSPS) is 11.6. The van der Waals surface area contributed by atoms with Gasteiger partial charge < -0.3 is 8.98 Å². The van der Waals surface area contributed by atoms with Gasteiger partial charge in [-0.3, -0.25) is 0 Å². The third-order valence-electron chi connectivity index (χ3n) is 8.01. The summed E-state index contributed by atoms with van der Waals surface area (Å²) in [6, 6.07) is 40.7. The van der Waals surface area contributed by atoms with Crippen LogP contribution in [0.1, 0.15) is 0 Å². The number of benzene rings is 5. The van der Waals surface area contributed by atoms with E-state index in [4.69, 9.17) is 19.4 Å². The first-order valence-corrected chi connectivity index (χ1v) is 14.3. The summed E-state index contributed by atoms with van der Waals surface area (Å²) >= 11 is 0. The average Bonchev–Trinajstić information content (AvgIpc) is 3.62. The minimum absolute atomic E-state index is 0.610. The van der Waals surface area contributed by atoms with E-state index in [2.05, 4.69) is 57.0 Å². The van der Waals surface area contributed by atoms with Gasteiger partial charge in [0.1, 0.15) is 17.5 Å². The summed E-state index contributed by atoms with van der Waals surface area (Å²) in [5, 5.41) is 3.20. The lowest BCUT2D eigenvalue weighted by atomic mass is 10.1. The molecular weight excluding hydrogens is 544 g/mol. The lowest BCUT2D eigenvalue weighted by Crippen LogP contribution is -2.00. The first-order valence-electron chi connectivity index (χ1n) is 14.3. The Balaban J connectivity index is 1.21. The van der Waals surface area contributed by atoms with Crippen molar-refractivity contribution in [2.24, 2.45) is 0 Å². The van der Waals surface area contributed by atoms with Crippen molar-refractivity contribution in [3.05, 3.63) is 134 Å². The van der Waals surface area contributed by atoms with E-state index in [-0.39, 0.29) is 0 Å². The maximum Gasteiger partial charge on any atom is 0.164 e. The minimum Gasteiger partial charge on any atom is -0.456 e. The fraction of sp³-hybridized carbons (Fsp3) is 0. The van der Waals surface area contributed by atoms with Crippen molar-refractivity contribution in [2.75, 3.05) is 0 Å². The van der Waals surface area contributed by atoms with Crippen LogP contribution in [0.3, 0.4) is 0 Å². The van der Waals surface area contributed by atoms with Crippen molar-refractivity contribution in [1.29, 1.82) is 0 Å². The fourth-order valence-corrected chi connectivity index (χ4v) is 5.93. The third kappa shape index (κ3) is 3.87. The molecule has 0 unspecified atom stereocenters. The topological polar surface area (TPSA) is 82.5 Å². The van der Waals surface area contributed by atoms with Crippen LogP contribution in [0.4, 0.5) is 0 Å². The van der Waals surface area contributed by atoms with Gasteiger partial charge >= 0.3 is 0 Å². The Morgan fingerprint density at radius 1 is 0.500 bits per heavy atom. The number of aromatic nitrogens is 6. The molecule has 0 bridgehead atoms. The molecule has 0 aliphatic heterocycles. The fourth-order valence-electron chi connectivity index (χ4n) is 5.93. The summed E-state index contributed by atoms with van der Waals surface area (Å²) in [5.41, 5.74) is 8.25. The van der Waals surface area contributed by atoms with Crippen LogP contribution in [0.25, 0.3) is 83.7 Å². The highest BCUT2D eigenvalue weighted by Crippen LogP contribution is 2.37. The summed E-state index contributed by atoms with van der Waals surface area (Å²) in [6.45, 7) is 0. The molecule has 4 heterocycles. The molecule has 7 nitrogen and oxygen atoms in total. The zero-order valence-electron chi connectivity index (χ0n) is 23.3. The van der Waals surface area contributed by atoms with Gasteiger partial charge in [0.25, 0.3) is 0 Å². The van der Waals surface area contributed by atoms with Crippen LogP contribution in [0.15, 0.2) is 138 Å². The summed E-state index contributed by atoms with van der Waals surface area (Å²) in [7, 11) is 0. The van der Waals surface area contributed by atoms with E-state index in [1.807, 2.05) is 85.1 Å². The van der Waals surface area contributed by atoms with Gasteiger partial charge in [-0.05, 0) is 36.4 Å². The van der Waals surface area contributed by atoms with E-state index >= 15 is 0 Å². The number of hydrogen-bond donors (Lipinski definition) is 0. The minimum atomic E-state index is 0.610. The van der Waals surface area contributed by atoms with E-state index in [0.29, 0.717) is 17.5 Å². The molecule has 5 aromatic carbocycles. The summed E-state index contributed by atoms with van der Waals surface area (Å²) < 4.78 is 8.43. The first kappa shape index (κ1) is 24.4. The predicted molar refractivity (Wildman–Crippen MR) is 173 cm³/mol. The number of nitrogens with zero attached hydrogens (tertiary/aromatic N) is 6. The highest BCUT2D eigenvalue weighted by Gasteiger charge is 2.18. The Morgan fingerprint density at radius 3 is 1.80 bits per heavy atom. The van der Waals surface area contributed by atoms with Gasteiger partial charge in [-0.1, -0.05) is 78.9 Å². The number of rotatable bonds is 4. The van der Waals surface area contributed by atoms with Gasteiger partial charge in [-0.2, -0.15) is 0 Å². The number of para-hydroxylation sites is 1. The zero-order chi connectivity index (χ0) is 29.0. The van der Waals surface area contributed by atoms with E-state index in [1.165, 1.54) is 0 Å². The maximum absolute atomic E-state index is 6.25. The summed E-state index contributed by atoms with van der Waals surface area (Å²) in [5.74, 6) is 1.87. The molecule has 0 aliphatic carbocycles. The molecule has 0 amide bonds. The largest absolute Gasteiger partial charge is 0.456 e. The van der Waals surface area contributed by atoms with Crippen LogP contribution < -0.4 is 0 Å². The number of furan rings is 1. The van der Waals surface area contributed by atoms with Crippen molar-refractivity contribution < 1.29 is 4.42 Å². The second kappa shape index (κ2) is 9.68. The van der Waals surface area contributed by atoms with Crippen molar-refractivity contribution in [2.45, 2.75) is 0 Å². The first-order chi connectivity index (χ1) is 21.8. The molecule has 206 valence electrons. The van der Waals surface area contributed by atoms with Crippen molar-refractivity contribution in [3.63, 3.8) is 0 Å². The Labute approximate surface area is 251 Å². The van der Waals surface area contributed by atoms with Crippen molar-refractivity contribution in [3.8, 4) is 39.9 Å². The van der Waals surface area contributed by atoms with Gasteiger partial charge in [-0.15, -0.1) is 0 Å². The van der Waals surface area contributed by atoms with Crippen LogP contribution >= 0.6 is 0 Å². The lowest BCUT2D eigenvalue weighted by Gasteiger charge is -2.10. The molecule has 4 aromatic heterocycles. The molecule has 0 saturated heterocycles. The molecule has 9 aromatic rings. The van der Waals surface area contributed by atoms with Gasteiger partial charge in [0.2, 0.25) is 0 Å². The summed E-state index contributed by atoms with van der Waals surface area (Å²) in [4.78, 5) is 23.6. The number of hydrogen-bond acceptors (Lipinski definition) is 6. The van der Waals surface area contributed by atoms with Gasteiger partial charge in [0, 0.05) is 44.6 Å². The maximum atomic E-state index is 6.25. The van der Waals surface area contributed by atoms with Crippen LogP contribution in [0, 0.1) is 0 Å². The number of fused-ring (bicyclic) bond motifs is 6. The highest BCUT2D eigenvalue weighted by molar-refractivity contribution is 6.16. The molecular formula is C37H22N6O. The quantitative estimate of drug-likeness (QED) is 0.212. The van der Waals surface area contributed by atoms with Gasteiger partial charge in [0.05, 0.1) is 22.7 Å². The Morgan fingerprint density at radius 2 is 1.11 bits per heavy atom. The van der Waals surface area contributed by atoms with Crippen LogP contribution in [-0.4, -0.2) is 29.5 Å². The van der Waals surface area contributed by atoms with Gasteiger partial charge in [-0.25, -0.2) is 24.9 Å². The van der Waals surface area contributed by atoms with E-state index in [1.54, 1.807) is 6.33 Å². The second-order valence-corrected chi connectivity index (χ2v) is 10.6. The lowest BCUT2D eigenvalue weighted by molar-refractivity contribution is 0.669. The van der Waals surface area contributed by atoms with Crippen molar-refractivity contribution >= 4 is 43.9 Å². The molecule has 0 aliphatic rings. The third-order valence-corrected chi connectivity index (χ3v) is 8.01. The van der Waals surface area contributed by atoms with Gasteiger partial charge in [0.15, 0.2) is 17.5 Å². The standard InChI is InChI=1S/C37H22N6O/c1-3-9-23(10-4-1)35-40-36(24-11-5-2-6-12-24)42-37(41-35)25-15-17-26(18-16-25)43-30-20-33-28(27-13-7-8-14-32(27)44-33)19-29(30)34-31(43)21-38-22-39-34/h1-22H. The Kier molecular flexibility index (Phi) is 5.36. The molecule has 0 atom stereocenters. The van der Waals surface area contributed by atoms with Crippen LogP contribution in [0.5, 0.6) is 0 Å². The molecule has 0 fully saturated rings. The van der Waals surface area contributed by atoms with E-state index in [0.717, 1.165) is 66.3 Å². The SMILES string of the molecule is c1ccc(-c2nc(-c3ccccc3)nc(-c3ccc(-n4c5cc6oc7ccccc7c6cc5c5ncncc54)cc3)n2)cc1. The average molecular weight is 567 g/mol. The molecule has 7 heteroatoms. The molecule has 0 radical (unpaired) electrons. The smallest absolute Gasteiger partial charge is 0.164 e. The Hall–Kier alpha value is -6.21. The van der Waals surface area contributed by atoms with E-state index in [9.17, 15) is 0 Å². The molecule has 0 spiro atoms. The van der Waals surface area contributed by atoms with Crippen LogP contribution in [-0.2, 0) is 0 Å². The van der Waals surface area contributed by atoms with Crippen molar-refractivity contribution in [1.82, 2.24) is 29.5 Å². The molecule has 9 rings (SSSR count). The zero-order valence-corrected chi connectivity index (χ0v) is 23.3. The Bertz CT molecular complexity index is 2430. The predicted octanol–water partition coefficient (Wildman–Crippen LogP) is 8.66. The van der Waals surface area contributed by atoms with Crippen LogP contribution in [0.2, 0.25) is 0 Å². The van der Waals surface area contributed by atoms with E-state index < -0.39 is 0 Å². The molecule has 0 saturated carbocycles. The molecule has 0 N–H and O–H groups in total. The second-order valence-electron chi connectivity index (χ2n) is 10.6. The molecule has 44 heavy (non-hydrogen) atoms. The summed E-state index contributed by atoms with van der Waals surface area (Å²) in [6.07, 6.45) is 3.46. The highest BCUT2D eigenvalue weighted by atomic mass is 16.3.